The smallest absolute Gasteiger partial charge is 0.305 e. The Hall–Kier alpha value is -4.60. The second kappa shape index (κ2) is 12.1. The molecule has 0 atom stereocenters. The van der Waals surface area contributed by atoms with E-state index >= 15 is 0 Å². The lowest BCUT2D eigenvalue weighted by Gasteiger charge is -2.27. The summed E-state index contributed by atoms with van der Waals surface area (Å²) in [7, 11) is 0. The first kappa shape index (κ1) is 26.5. The third kappa shape index (κ3) is 6.78. The Kier molecular flexibility index (Phi) is 8.42. The molecule has 4 rings (SSSR count). The number of rotatable bonds is 12. The predicted octanol–water partition coefficient (Wildman–Crippen LogP) is 2.90. The molecule has 2 N–H and O–H groups in total. The Bertz CT molecular complexity index is 1350. The van der Waals surface area contributed by atoms with Crippen LogP contribution in [0.4, 0.5) is 5.69 Å². The van der Waals surface area contributed by atoms with E-state index in [9.17, 15) is 24.3 Å². The van der Waals surface area contributed by atoms with E-state index in [1.807, 2.05) is 42.5 Å². The second-order valence-corrected chi connectivity index (χ2v) is 8.98. The Morgan fingerprint density at radius 3 is 2.45 bits per heavy atom. The van der Waals surface area contributed by atoms with Crippen LogP contribution in [0.3, 0.4) is 0 Å². The lowest BCUT2D eigenvalue weighted by Crippen LogP contribution is -2.46. The highest BCUT2D eigenvalue weighted by Crippen LogP contribution is 2.32. The molecule has 0 aliphatic carbocycles. The summed E-state index contributed by atoms with van der Waals surface area (Å²) in [6.07, 6.45) is -0.317. The van der Waals surface area contributed by atoms with E-state index in [2.05, 4.69) is 5.32 Å². The van der Waals surface area contributed by atoms with E-state index < -0.39 is 17.8 Å². The van der Waals surface area contributed by atoms with E-state index in [1.54, 1.807) is 18.2 Å². The summed E-state index contributed by atoms with van der Waals surface area (Å²) in [5.41, 5.74) is 1.48. The Morgan fingerprint density at radius 2 is 1.66 bits per heavy atom. The number of benzene rings is 3. The van der Waals surface area contributed by atoms with Gasteiger partial charge in [-0.25, -0.2) is 0 Å². The number of ether oxygens (including phenoxy) is 2. The molecule has 0 bridgehead atoms. The number of amides is 2. The molecule has 3 aromatic carbocycles. The monoisotopic (exact) mass is 519 g/mol. The third-order valence-electron chi connectivity index (χ3n) is 6.07. The van der Waals surface area contributed by atoms with Gasteiger partial charge in [0.2, 0.25) is 18.6 Å². The van der Waals surface area contributed by atoms with Gasteiger partial charge in [-0.3, -0.25) is 19.2 Å². The molecule has 0 radical (unpaired) electrons. The second-order valence-electron chi connectivity index (χ2n) is 8.98. The van der Waals surface area contributed by atoms with E-state index in [-0.39, 0.29) is 51.7 Å². The summed E-state index contributed by atoms with van der Waals surface area (Å²) >= 11 is 0. The number of anilines is 1. The zero-order chi connectivity index (χ0) is 27.1. The van der Waals surface area contributed by atoms with E-state index in [0.29, 0.717) is 11.5 Å². The van der Waals surface area contributed by atoms with Crippen LogP contribution >= 0.6 is 0 Å². The number of carboxylic acids is 1. The van der Waals surface area contributed by atoms with E-state index in [4.69, 9.17) is 9.47 Å². The van der Waals surface area contributed by atoms with Gasteiger partial charge in [0.05, 0.1) is 26.1 Å². The molecule has 1 aliphatic rings. The molecule has 0 unspecified atom stereocenters. The number of carbonyl (C=O) groups excluding carboxylic acids is 3. The number of hydrogen-bond acceptors (Lipinski definition) is 7. The number of aliphatic carboxylic acids is 1. The van der Waals surface area contributed by atoms with Crippen molar-refractivity contribution in [1.82, 2.24) is 9.80 Å². The van der Waals surface area contributed by atoms with Crippen LogP contribution in [0, 0.1) is 0 Å². The minimum Gasteiger partial charge on any atom is -0.481 e. The molecule has 0 fully saturated rings. The van der Waals surface area contributed by atoms with Crippen molar-refractivity contribution in [2.75, 3.05) is 38.3 Å². The van der Waals surface area contributed by atoms with Crippen molar-refractivity contribution in [2.24, 2.45) is 0 Å². The topological polar surface area (TPSA) is 125 Å². The van der Waals surface area contributed by atoms with Crippen LogP contribution in [0.5, 0.6) is 11.5 Å². The minimum absolute atomic E-state index is 0.113. The number of hydrogen-bond donors (Lipinski definition) is 2. The average Bonchev–Trinajstić information content (AvgIpc) is 3.36. The summed E-state index contributed by atoms with van der Waals surface area (Å²) in [5.74, 6) is -1.06. The molecule has 0 saturated carbocycles. The number of carboxylic acid groups (broad SMARTS) is 1. The fourth-order valence-electron chi connectivity index (χ4n) is 4.21. The fourth-order valence-corrected chi connectivity index (χ4v) is 4.21. The van der Waals surface area contributed by atoms with Gasteiger partial charge in [0.25, 0.3) is 0 Å². The molecule has 3 aromatic rings. The molecule has 0 spiro atoms. The van der Waals surface area contributed by atoms with Gasteiger partial charge in [0.15, 0.2) is 11.5 Å². The van der Waals surface area contributed by atoms with Crippen molar-refractivity contribution < 1.29 is 33.8 Å². The lowest BCUT2D eigenvalue weighted by molar-refractivity contribution is -0.143. The highest BCUT2D eigenvalue weighted by Gasteiger charge is 2.24. The number of carbonyl (C=O) groups is 4. The molecule has 1 aliphatic heterocycles. The van der Waals surface area contributed by atoms with Gasteiger partial charge in [0.1, 0.15) is 5.78 Å². The van der Waals surface area contributed by atoms with Crippen molar-refractivity contribution in [2.45, 2.75) is 19.9 Å². The average molecular weight is 520 g/mol. The Labute approximate surface area is 219 Å². The van der Waals surface area contributed by atoms with Crippen LogP contribution in [-0.4, -0.2) is 71.4 Å². The molecule has 0 saturated heterocycles. The van der Waals surface area contributed by atoms with Gasteiger partial charge in [-0.05, 0) is 36.1 Å². The van der Waals surface area contributed by atoms with Crippen LogP contribution in [0.1, 0.15) is 18.9 Å². The SMILES string of the molecule is CC(=O)CN(Cc1ccc2c(c1)OCO2)C(=O)CN(CCC(=O)O)C(=O)CNc1cccc2ccccc12. The van der Waals surface area contributed by atoms with Crippen LogP contribution in [0.15, 0.2) is 60.7 Å². The Morgan fingerprint density at radius 1 is 0.895 bits per heavy atom. The lowest BCUT2D eigenvalue weighted by atomic mass is 10.1. The summed E-state index contributed by atoms with van der Waals surface area (Å²) < 4.78 is 10.7. The van der Waals surface area contributed by atoms with Gasteiger partial charge < -0.3 is 29.7 Å². The number of fused-ring (bicyclic) bond motifs is 2. The van der Waals surface area contributed by atoms with Gasteiger partial charge in [-0.1, -0.05) is 42.5 Å². The summed E-state index contributed by atoms with van der Waals surface area (Å²) in [6, 6.07) is 18.6. The zero-order valence-corrected chi connectivity index (χ0v) is 21.0. The van der Waals surface area contributed by atoms with Gasteiger partial charge in [0, 0.05) is 24.2 Å². The van der Waals surface area contributed by atoms with Crippen LogP contribution in [0.2, 0.25) is 0 Å². The largest absolute Gasteiger partial charge is 0.481 e. The summed E-state index contributed by atoms with van der Waals surface area (Å²) in [6.45, 7) is 0.822. The molecular formula is C28H29N3O7. The molecular weight excluding hydrogens is 490 g/mol. The molecule has 2 amide bonds. The first-order valence-electron chi connectivity index (χ1n) is 12.2. The van der Waals surface area contributed by atoms with Gasteiger partial charge >= 0.3 is 5.97 Å². The summed E-state index contributed by atoms with van der Waals surface area (Å²) in [5, 5.41) is 14.2. The van der Waals surface area contributed by atoms with Crippen molar-refractivity contribution in [1.29, 1.82) is 0 Å². The number of nitrogens with one attached hydrogen (secondary N) is 1. The first-order chi connectivity index (χ1) is 18.3. The number of nitrogens with zero attached hydrogens (tertiary/aromatic N) is 2. The van der Waals surface area contributed by atoms with Crippen molar-refractivity contribution in [3.05, 3.63) is 66.2 Å². The Balaban J connectivity index is 1.46. The molecule has 38 heavy (non-hydrogen) atoms. The zero-order valence-electron chi connectivity index (χ0n) is 21.0. The molecule has 0 aromatic heterocycles. The maximum absolute atomic E-state index is 13.3. The predicted molar refractivity (Wildman–Crippen MR) is 140 cm³/mol. The molecule has 10 nitrogen and oxygen atoms in total. The maximum atomic E-state index is 13.3. The first-order valence-corrected chi connectivity index (χ1v) is 12.2. The van der Waals surface area contributed by atoms with Gasteiger partial charge in [-0.15, -0.1) is 0 Å². The molecule has 10 heteroatoms. The van der Waals surface area contributed by atoms with Crippen LogP contribution < -0.4 is 14.8 Å². The normalized spacial score (nSPS) is 11.7. The quantitative estimate of drug-likeness (QED) is 0.374. The van der Waals surface area contributed by atoms with Crippen LogP contribution in [-0.2, 0) is 25.7 Å². The highest BCUT2D eigenvalue weighted by atomic mass is 16.7. The van der Waals surface area contributed by atoms with E-state index in [0.717, 1.165) is 22.0 Å². The standard InChI is InChI=1S/C28H29N3O7/c1-19(32)15-31(16-20-9-10-24-25(13-20)38-18-37-24)27(34)17-30(12-11-28(35)36)26(33)14-29-23-8-4-6-21-5-2-3-7-22(21)23/h2-10,13,29H,11-12,14-18H2,1H3,(H,35,36). The van der Waals surface area contributed by atoms with Crippen molar-refractivity contribution in [3.63, 3.8) is 0 Å². The third-order valence-corrected chi connectivity index (χ3v) is 6.07. The fraction of sp³-hybridized carbons (Fsp3) is 0.286. The van der Waals surface area contributed by atoms with Crippen LogP contribution in [0.25, 0.3) is 10.8 Å². The van der Waals surface area contributed by atoms with Crippen molar-refractivity contribution in [3.8, 4) is 11.5 Å². The minimum atomic E-state index is -1.08. The maximum Gasteiger partial charge on any atom is 0.305 e. The number of Topliss-reactive ketones (excluding diaryl/α,β-unsaturated/α-hetero) is 1. The number of ketones is 1. The highest BCUT2D eigenvalue weighted by molar-refractivity contribution is 5.95. The van der Waals surface area contributed by atoms with Crippen molar-refractivity contribution >= 4 is 40.0 Å². The molecule has 1 heterocycles. The van der Waals surface area contributed by atoms with E-state index in [1.165, 1.54) is 16.7 Å². The summed E-state index contributed by atoms with van der Waals surface area (Å²) in [4.78, 5) is 52.1. The van der Waals surface area contributed by atoms with Gasteiger partial charge in [-0.2, -0.15) is 0 Å². The molecule has 198 valence electrons.